The minimum Gasteiger partial charge on any atom is -0.422 e. The van der Waals surface area contributed by atoms with E-state index in [-0.39, 0.29) is 0 Å². The molecule has 5 heteroatoms. The summed E-state index contributed by atoms with van der Waals surface area (Å²) in [5, 5.41) is 0. The van der Waals surface area contributed by atoms with Gasteiger partial charge in [0.05, 0.1) is 0 Å². The molecule has 1 aliphatic heterocycles. The van der Waals surface area contributed by atoms with Crippen molar-refractivity contribution in [2.75, 3.05) is 18.0 Å². The highest BCUT2D eigenvalue weighted by Gasteiger charge is 2.25. The first kappa shape index (κ1) is 15.1. The van der Waals surface area contributed by atoms with E-state index in [4.69, 9.17) is 4.42 Å². The predicted molar refractivity (Wildman–Crippen MR) is 94.3 cm³/mol. The van der Waals surface area contributed by atoms with Crippen molar-refractivity contribution in [3.8, 4) is 0 Å². The molecule has 1 aromatic carbocycles. The molecular weight excluding hydrogens is 300 g/mol. The van der Waals surface area contributed by atoms with E-state index in [1.165, 1.54) is 17.5 Å². The molecular formula is C19H22N4O. The maximum Gasteiger partial charge on any atom is 0.252 e. The molecule has 24 heavy (non-hydrogen) atoms. The van der Waals surface area contributed by atoms with Gasteiger partial charge in [0.15, 0.2) is 17.2 Å². The van der Waals surface area contributed by atoms with Gasteiger partial charge in [0.1, 0.15) is 6.33 Å². The lowest BCUT2D eigenvalue weighted by Gasteiger charge is -2.33. The smallest absolute Gasteiger partial charge is 0.252 e. The third-order valence-electron chi connectivity index (χ3n) is 4.76. The molecule has 1 fully saturated rings. The molecule has 0 N–H and O–H groups in total. The summed E-state index contributed by atoms with van der Waals surface area (Å²) in [6, 6.07) is 8.84. The molecule has 2 aromatic heterocycles. The van der Waals surface area contributed by atoms with Crippen LogP contribution in [0.3, 0.4) is 0 Å². The van der Waals surface area contributed by atoms with Gasteiger partial charge in [-0.15, -0.1) is 0 Å². The van der Waals surface area contributed by atoms with Crippen LogP contribution in [0.1, 0.15) is 42.7 Å². The Balaban J connectivity index is 1.66. The van der Waals surface area contributed by atoms with Crippen molar-refractivity contribution in [3.63, 3.8) is 0 Å². The molecule has 0 bridgehead atoms. The molecule has 1 saturated heterocycles. The summed E-state index contributed by atoms with van der Waals surface area (Å²) in [7, 11) is 0. The zero-order chi connectivity index (χ0) is 16.5. The number of piperidine rings is 1. The van der Waals surface area contributed by atoms with Crippen LogP contribution < -0.4 is 4.90 Å². The number of nitrogens with zero attached hydrogens (tertiary/aromatic N) is 4. The average Bonchev–Trinajstić information content (AvgIpc) is 3.05. The lowest BCUT2D eigenvalue weighted by molar-refractivity contribution is 0.507. The van der Waals surface area contributed by atoms with Crippen LogP contribution >= 0.6 is 0 Å². The number of anilines is 1. The molecule has 3 heterocycles. The molecule has 0 radical (unpaired) electrons. The van der Waals surface area contributed by atoms with Crippen LogP contribution in [0, 0.1) is 6.92 Å². The molecule has 1 aliphatic rings. The molecule has 0 unspecified atom stereocenters. The first-order chi connectivity index (χ1) is 11.7. The van der Waals surface area contributed by atoms with Crippen LogP contribution in [0.5, 0.6) is 0 Å². The van der Waals surface area contributed by atoms with Crippen LogP contribution in [0.4, 0.5) is 5.82 Å². The Labute approximate surface area is 141 Å². The largest absolute Gasteiger partial charge is 0.422 e. The van der Waals surface area contributed by atoms with Crippen molar-refractivity contribution in [1.29, 1.82) is 0 Å². The number of rotatable bonds is 3. The van der Waals surface area contributed by atoms with Crippen molar-refractivity contribution in [2.45, 2.75) is 39.0 Å². The number of aryl methyl sites for hydroxylation is 2. The Hall–Kier alpha value is -2.43. The van der Waals surface area contributed by atoms with E-state index in [2.05, 4.69) is 51.0 Å². The molecule has 3 aromatic rings. The Bertz CT molecular complexity index is 857. The van der Waals surface area contributed by atoms with Gasteiger partial charge in [-0.1, -0.05) is 36.8 Å². The first-order valence-corrected chi connectivity index (χ1v) is 8.66. The molecule has 0 saturated carbocycles. The number of oxazole rings is 1. The summed E-state index contributed by atoms with van der Waals surface area (Å²) < 4.78 is 5.69. The Morgan fingerprint density at radius 3 is 3.04 bits per heavy atom. The highest BCUT2D eigenvalue weighted by Crippen LogP contribution is 2.32. The van der Waals surface area contributed by atoms with Gasteiger partial charge in [0, 0.05) is 25.4 Å². The minimum atomic E-state index is 0.529. The summed E-state index contributed by atoms with van der Waals surface area (Å²) in [6.07, 6.45) is 4.72. The molecule has 124 valence electrons. The van der Waals surface area contributed by atoms with Crippen molar-refractivity contribution in [3.05, 3.63) is 47.6 Å². The fourth-order valence-electron chi connectivity index (χ4n) is 3.53. The summed E-state index contributed by atoms with van der Waals surface area (Å²) >= 11 is 0. The van der Waals surface area contributed by atoms with Gasteiger partial charge < -0.3 is 9.32 Å². The van der Waals surface area contributed by atoms with E-state index in [1.807, 2.05) is 6.92 Å². The highest BCUT2D eigenvalue weighted by molar-refractivity contribution is 5.81. The van der Waals surface area contributed by atoms with Crippen molar-refractivity contribution in [2.24, 2.45) is 0 Å². The van der Waals surface area contributed by atoms with Crippen LogP contribution in [0.25, 0.3) is 11.2 Å². The van der Waals surface area contributed by atoms with E-state index in [1.54, 1.807) is 6.33 Å². The second kappa shape index (κ2) is 6.23. The number of aromatic nitrogens is 3. The number of hydrogen-bond donors (Lipinski definition) is 0. The molecule has 0 aliphatic carbocycles. The second-order valence-electron chi connectivity index (χ2n) is 6.51. The Morgan fingerprint density at radius 2 is 2.21 bits per heavy atom. The highest BCUT2D eigenvalue weighted by atomic mass is 16.4. The van der Waals surface area contributed by atoms with E-state index in [9.17, 15) is 0 Å². The standard InChI is InChI=1S/C19H22N4O/c1-3-16-22-17-18(20-12-21-19(17)24-16)23-9-5-8-15(11-23)14-7-4-6-13(2)10-14/h4,6-7,10,12,15H,3,5,8-9,11H2,1-2H3/t15-/m1/s1. The monoisotopic (exact) mass is 322 g/mol. The quantitative estimate of drug-likeness (QED) is 0.732. The van der Waals surface area contributed by atoms with Gasteiger partial charge in [0.25, 0.3) is 5.71 Å². The molecule has 5 nitrogen and oxygen atoms in total. The predicted octanol–water partition coefficient (Wildman–Crippen LogP) is 3.87. The van der Waals surface area contributed by atoms with Crippen LogP contribution in [0.15, 0.2) is 35.0 Å². The Kier molecular flexibility index (Phi) is 3.92. The summed E-state index contributed by atoms with van der Waals surface area (Å²) in [6.45, 7) is 6.15. The van der Waals surface area contributed by atoms with Gasteiger partial charge >= 0.3 is 0 Å². The zero-order valence-electron chi connectivity index (χ0n) is 14.2. The van der Waals surface area contributed by atoms with Crippen LogP contribution in [-0.2, 0) is 6.42 Å². The average molecular weight is 322 g/mol. The van der Waals surface area contributed by atoms with Gasteiger partial charge in [-0.3, -0.25) is 0 Å². The van der Waals surface area contributed by atoms with Crippen molar-refractivity contribution in [1.82, 2.24) is 15.0 Å². The minimum absolute atomic E-state index is 0.529. The third kappa shape index (κ3) is 2.75. The SMILES string of the molecule is CCc1nc2c(N3CCC[C@@H](c4cccc(C)c4)C3)ncnc2o1. The third-order valence-corrected chi connectivity index (χ3v) is 4.76. The fourth-order valence-corrected chi connectivity index (χ4v) is 3.53. The molecule has 0 amide bonds. The normalized spacial score (nSPS) is 18.2. The van der Waals surface area contributed by atoms with E-state index in [0.717, 1.165) is 43.2 Å². The van der Waals surface area contributed by atoms with E-state index in [0.29, 0.717) is 11.6 Å². The number of hydrogen-bond acceptors (Lipinski definition) is 5. The van der Waals surface area contributed by atoms with Gasteiger partial charge in [-0.25, -0.2) is 9.97 Å². The maximum absolute atomic E-state index is 5.69. The molecule has 0 spiro atoms. The summed E-state index contributed by atoms with van der Waals surface area (Å²) in [5.74, 6) is 2.15. The molecule has 1 atom stereocenters. The van der Waals surface area contributed by atoms with E-state index < -0.39 is 0 Å². The van der Waals surface area contributed by atoms with E-state index >= 15 is 0 Å². The number of benzene rings is 1. The zero-order valence-corrected chi connectivity index (χ0v) is 14.2. The van der Waals surface area contributed by atoms with Gasteiger partial charge in [-0.2, -0.15) is 4.98 Å². The number of fused-ring (bicyclic) bond motifs is 1. The first-order valence-electron chi connectivity index (χ1n) is 8.66. The van der Waals surface area contributed by atoms with Crippen molar-refractivity contribution < 1.29 is 4.42 Å². The topological polar surface area (TPSA) is 55.1 Å². The molecule has 4 rings (SSSR count). The summed E-state index contributed by atoms with van der Waals surface area (Å²) in [4.78, 5) is 15.7. The Morgan fingerprint density at radius 1 is 1.29 bits per heavy atom. The van der Waals surface area contributed by atoms with Gasteiger partial charge in [0.2, 0.25) is 0 Å². The van der Waals surface area contributed by atoms with Crippen molar-refractivity contribution >= 4 is 17.0 Å². The summed E-state index contributed by atoms with van der Waals surface area (Å²) in [5.41, 5.74) is 4.12. The van der Waals surface area contributed by atoms with Crippen LogP contribution in [-0.4, -0.2) is 28.0 Å². The second-order valence-corrected chi connectivity index (χ2v) is 6.51. The van der Waals surface area contributed by atoms with Crippen LogP contribution in [0.2, 0.25) is 0 Å². The lowest BCUT2D eigenvalue weighted by atomic mass is 9.90. The van der Waals surface area contributed by atoms with Gasteiger partial charge in [-0.05, 0) is 25.3 Å². The fraction of sp³-hybridized carbons (Fsp3) is 0.421. The maximum atomic E-state index is 5.69. The lowest BCUT2D eigenvalue weighted by Crippen LogP contribution is -2.35.